The highest BCUT2D eigenvalue weighted by atomic mass is 16.6. The molecule has 1 saturated heterocycles. The van der Waals surface area contributed by atoms with Crippen molar-refractivity contribution in [3.05, 3.63) is 0 Å². The van der Waals surface area contributed by atoms with E-state index in [1.165, 1.54) is 0 Å². The van der Waals surface area contributed by atoms with Gasteiger partial charge in [0.05, 0.1) is 0 Å². The van der Waals surface area contributed by atoms with Crippen molar-refractivity contribution in [3.63, 3.8) is 0 Å². The summed E-state index contributed by atoms with van der Waals surface area (Å²) in [5, 5.41) is 3.22. The zero-order valence-corrected chi connectivity index (χ0v) is 9.59. The topological polar surface area (TPSA) is 38.3 Å². The van der Waals surface area contributed by atoms with Crippen molar-refractivity contribution in [2.45, 2.75) is 52.2 Å². The van der Waals surface area contributed by atoms with E-state index < -0.39 is 0 Å². The van der Waals surface area contributed by atoms with Gasteiger partial charge in [-0.05, 0) is 46.1 Å². The minimum Gasteiger partial charge on any atom is -0.459 e. The summed E-state index contributed by atoms with van der Waals surface area (Å²) in [6, 6.07) is -0.108. The lowest BCUT2D eigenvalue weighted by atomic mass is 9.93. The van der Waals surface area contributed by atoms with Gasteiger partial charge in [0, 0.05) is 0 Å². The summed E-state index contributed by atoms with van der Waals surface area (Å²) in [5.41, 5.74) is -0.379. The quantitative estimate of drug-likeness (QED) is 0.653. The Balaban J connectivity index is 2.50. The molecule has 2 atom stereocenters. The summed E-state index contributed by atoms with van der Waals surface area (Å²) in [4.78, 5) is 11.7. The Morgan fingerprint density at radius 3 is 2.57 bits per heavy atom. The van der Waals surface area contributed by atoms with Crippen molar-refractivity contribution in [2.24, 2.45) is 5.92 Å². The second kappa shape index (κ2) is 4.30. The van der Waals surface area contributed by atoms with Crippen LogP contribution in [0.5, 0.6) is 0 Å². The third-order valence-electron chi connectivity index (χ3n) is 2.43. The lowest BCUT2D eigenvalue weighted by Crippen LogP contribution is -2.48. The van der Waals surface area contributed by atoms with Gasteiger partial charge in [0.15, 0.2) is 0 Å². The number of ether oxygens (including phenoxy) is 1. The van der Waals surface area contributed by atoms with Crippen LogP contribution in [0.3, 0.4) is 0 Å². The molecule has 3 heteroatoms. The summed E-state index contributed by atoms with van der Waals surface area (Å²) in [6.45, 7) is 8.73. The second-order valence-corrected chi connectivity index (χ2v) is 5.08. The third-order valence-corrected chi connectivity index (χ3v) is 2.43. The Bertz CT molecular complexity index is 208. The number of piperidine rings is 1. The fourth-order valence-electron chi connectivity index (χ4n) is 1.73. The molecule has 82 valence electrons. The predicted octanol–water partition coefficient (Wildman–Crippen LogP) is 1.72. The van der Waals surface area contributed by atoms with Gasteiger partial charge >= 0.3 is 5.97 Å². The molecule has 1 rings (SSSR count). The van der Waals surface area contributed by atoms with E-state index in [9.17, 15) is 4.79 Å². The first-order valence-electron chi connectivity index (χ1n) is 5.36. The van der Waals surface area contributed by atoms with E-state index in [1.807, 2.05) is 20.8 Å². The predicted molar refractivity (Wildman–Crippen MR) is 56.0 cm³/mol. The van der Waals surface area contributed by atoms with Gasteiger partial charge in [0.2, 0.25) is 0 Å². The van der Waals surface area contributed by atoms with E-state index in [0.717, 1.165) is 19.4 Å². The van der Waals surface area contributed by atoms with Crippen LogP contribution in [0.15, 0.2) is 0 Å². The molecule has 0 aromatic carbocycles. The fraction of sp³-hybridized carbons (Fsp3) is 0.909. The van der Waals surface area contributed by atoms with Crippen LogP contribution in [0.4, 0.5) is 0 Å². The van der Waals surface area contributed by atoms with Crippen molar-refractivity contribution in [1.29, 1.82) is 0 Å². The van der Waals surface area contributed by atoms with Crippen LogP contribution in [0.2, 0.25) is 0 Å². The molecule has 0 radical (unpaired) electrons. The van der Waals surface area contributed by atoms with Gasteiger partial charge in [-0.25, -0.2) is 0 Å². The van der Waals surface area contributed by atoms with Gasteiger partial charge in [-0.3, -0.25) is 4.79 Å². The van der Waals surface area contributed by atoms with Crippen molar-refractivity contribution >= 4 is 5.97 Å². The number of hydrogen-bond donors (Lipinski definition) is 1. The first-order chi connectivity index (χ1) is 6.40. The number of hydrogen-bond acceptors (Lipinski definition) is 3. The minimum absolute atomic E-state index is 0.107. The van der Waals surface area contributed by atoms with Crippen LogP contribution in [0.1, 0.15) is 40.5 Å². The number of carbonyl (C=O) groups excluding carboxylic acids is 1. The molecular weight excluding hydrogens is 178 g/mol. The minimum atomic E-state index is -0.379. The molecule has 1 aliphatic rings. The van der Waals surface area contributed by atoms with Gasteiger partial charge in [-0.1, -0.05) is 6.92 Å². The van der Waals surface area contributed by atoms with Crippen molar-refractivity contribution in [2.75, 3.05) is 6.54 Å². The lowest BCUT2D eigenvalue weighted by Gasteiger charge is -2.31. The Kier molecular flexibility index (Phi) is 3.53. The van der Waals surface area contributed by atoms with Gasteiger partial charge in [-0.2, -0.15) is 0 Å². The van der Waals surface area contributed by atoms with E-state index in [-0.39, 0.29) is 17.6 Å². The molecule has 0 aromatic heterocycles. The molecule has 14 heavy (non-hydrogen) atoms. The first kappa shape index (κ1) is 11.5. The maximum atomic E-state index is 11.7. The van der Waals surface area contributed by atoms with Gasteiger partial charge in [0.1, 0.15) is 11.6 Å². The molecule has 0 spiro atoms. The molecule has 1 aliphatic heterocycles. The number of esters is 1. The largest absolute Gasteiger partial charge is 0.459 e. The summed E-state index contributed by atoms with van der Waals surface area (Å²) >= 11 is 0. The molecule has 0 aliphatic carbocycles. The number of rotatable bonds is 1. The van der Waals surface area contributed by atoms with E-state index in [2.05, 4.69) is 12.2 Å². The smallest absolute Gasteiger partial charge is 0.323 e. The zero-order chi connectivity index (χ0) is 10.8. The molecule has 0 aromatic rings. The molecule has 3 nitrogen and oxygen atoms in total. The fourth-order valence-corrected chi connectivity index (χ4v) is 1.73. The number of nitrogens with one attached hydrogen (secondary N) is 1. The average Bonchev–Trinajstić information content (AvgIpc) is 2.01. The summed E-state index contributed by atoms with van der Waals surface area (Å²) in [6.07, 6.45) is 2.26. The second-order valence-electron chi connectivity index (χ2n) is 5.08. The lowest BCUT2D eigenvalue weighted by molar-refractivity contribution is -0.159. The van der Waals surface area contributed by atoms with Gasteiger partial charge in [0.25, 0.3) is 0 Å². The maximum Gasteiger partial charge on any atom is 0.323 e. The third kappa shape index (κ3) is 3.29. The van der Waals surface area contributed by atoms with E-state index >= 15 is 0 Å². The Hall–Kier alpha value is -0.570. The van der Waals surface area contributed by atoms with E-state index in [4.69, 9.17) is 4.74 Å². The Morgan fingerprint density at radius 2 is 2.07 bits per heavy atom. The average molecular weight is 199 g/mol. The standard InChI is InChI=1S/C11H21NO2/c1-8-6-5-7-12-9(8)10(13)14-11(2,3)4/h8-9,12H,5-7H2,1-4H3/t8-,9-/m1/s1. The van der Waals surface area contributed by atoms with Crippen LogP contribution < -0.4 is 5.32 Å². The normalized spacial score (nSPS) is 28.6. The van der Waals surface area contributed by atoms with E-state index in [0.29, 0.717) is 5.92 Å². The highest BCUT2D eigenvalue weighted by Crippen LogP contribution is 2.18. The maximum absolute atomic E-state index is 11.7. The van der Waals surface area contributed by atoms with Crippen molar-refractivity contribution in [3.8, 4) is 0 Å². The zero-order valence-electron chi connectivity index (χ0n) is 9.59. The van der Waals surface area contributed by atoms with Crippen LogP contribution >= 0.6 is 0 Å². The van der Waals surface area contributed by atoms with Crippen LogP contribution in [-0.4, -0.2) is 24.2 Å². The molecule has 0 bridgehead atoms. The summed E-state index contributed by atoms with van der Waals surface area (Å²) in [5.74, 6) is 0.281. The highest BCUT2D eigenvalue weighted by molar-refractivity contribution is 5.76. The van der Waals surface area contributed by atoms with Gasteiger partial charge < -0.3 is 10.1 Å². The first-order valence-corrected chi connectivity index (χ1v) is 5.36. The monoisotopic (exact) mass is 199 g/mol. The molecular formula is C11H21NO2. The van der Waals surface area contributed by atoms with Crippen molar-refractivity contribution in [1.82, 2.24) is 5.32 Å². The summed E-state index contributed by atoms with van der Waals surface area (Å²) < 4.78 is 5.35. The Labute approximate surface area is 86.2 Å². The van der Waals surface area contributed by atoms with Crippen LogP contribution in [0, 0.1) is 5.92 Å². The van der Waals surface area contributed by atoms with Gasteiger partial charge in [-0.15, -0.1) is 0 Å². The van der Waals surface area contributed by atoms with Crippen LogP contribution in [-0.2, 0) is 9.53 Å². The molecule has 0 amide bonds. The highest BCUT2D eigenvalue weighted by Gasteiger charge is 2.31. The molecule has 0 saturated carbocycles. The Morgan fingerprint density at radius 1 is 1.43 bits per heavy atom. The molecule has 0 unspecified atom stereocenters. The summed E-state index contributed by atoms with van der Waals surface area (Å²) in [7, 11) is 0. The molecule has 1 N–H and O–H groups in total. The van der Waals surface area contributed by atoms with Crippen LogP contribution in [0.25, 0.3) is 0 Å². The SMILES string of the molecule is C[C@@H]1CCCN[C@H]1C(=O)OC(C)(C)C. The van der Waals surface area contributed by atoms with Crippen molar-refractivity contribution < 1.29 is 9.53 Å². The number of carbonyl (C=O) groups is 1. The molecule has 1 fully saturated rings. The van der Waals surface area contributed by atoms with E-state index in [1.54, 1.807) is 0 Å². The molecule has 1 heterocycles.